The second-order valence-electron chi connectivity index (χ2n) is 11.3. The van der Waals surface area contributed by atoms with Crippen LogP contribution in [0.3, 0.4) is 0 Å². The van der Waals surface area contributed by atoms with Crippen LogP contribution in [0.5, 0.6) is 5.75 Å². The van der Waals surface area contributed by atoms with Crippen molar-refractivity contribution in [3.63, 3.8) is 0 Å². The molecular weight excluding hydrogens is 637 g/mol. The van der Waals surface area contributed by atoms with Crippen molar-refractivity contribution in [1.29, 1.82) is 0 Å². The molecule has 3 aromatic rings. The molecule has 3 atom stereocenters. The van der Waals surface area contributed by atoms with E-state index in [1.165, 1.54) is 19.9 Å². The number of carbonyl (C=O) groups excluding carboxylic acids is 3. The van der Waals surface area contributed by atoms with Crippen molar-refractivity contribution in [1.82, 2.24) is 10.0 Å². The van der Waals surface area contributed by atoms with E-state index < -0.39 is 38.9 Å². The highest BCUT2D eigenvalue weighted by Crippen LogP contribution is 2.59. The first-order valence-electron chi connectivity index (χ1n) is 13.2. The first-order chi connectivity index (χ1) is 20.0. The molecule has 0 aromatic heterocycles. The van der Waals surface area contributed by atoms with Crippen LogP contribution in [0.4, 0.5) is 5.69 Å². The lowest BCUT2D eigenvalue weighted by Gasteiger charge is -2.47. The van der Waals surface area contributed by atoms with Gasteiger partial charge in [-0.05, 0) is 79.9 Å². The number of amides is 3. The summed E-state index contributed by atoms with van der Waals surface area (Å²) in [5.41, 5.74) is -0.220. The van der Waals surface area contributed by atoms with Crippen molar-refractivity contribution in [2.45, 2.75) is 50.2 Å². The number of piperidine rings is 1. The van der Waals surface area contributed by atoms with E-state index in [4.69, 9.17) is 39.5 Å². The Morgan fingerprint density at radius 2 is 1.58 bits per heavy atom. The van der Waals surface area contributed by atoms with Crippen molar-refractivity contribution < 1.29 is 27.5 Å². The minimum absolute atomic E-state index is 0.141. The third-order valence-corrected chi connectivity index (χ3v) is 9.10. The molecule has 1 spiro atoms. The van der Waals surface area contributed by atoms with E-state index in [-0.39, 0.29) is 24.0 Å². The molecule has 1 fully saturated rings. The van der Waals surface area contributed by atoms with E-state index in [0.29, 0.717) is 37.4 Å². The lowest BCUT2D eigenvalue weighted by atomic mass is 9.59. The van der Waals surface area contributed by atoms with Crippen molar-refractivity contribution in [2.24, 2.45) is 0 Å². The first kappa shape index (κ1) is 31.1. The molecular formula is C30H28Cl3N3O6S. The number of hydrogen-bond donors (Lipinski definition) is 3. The van der Waals surface area contributed by atoms with Gasteiger partial charge in [-0.2, -0.15) is 0 Å². The molecule has 3 N–H and O–H groups in total. The quantitative estimate of drug-likeness (QED) is 0.323. The van der Waals surface area contributed by atoms with Gasteiger partial charge >= 0.3 is 0 Å². The molecule has 226 valence electrons. The third-order valence-electron chi connectivity index (χ3n) is 7.84. The van der Waals surface area contributed by atoms with Crippen molar-refractivity contribution in [3.05, 3.63) is 91.9 Å². The molecule has 2 heterocycles. The Labute approximate surface area is 264 Å². The van der Waals surface area contributed by atoms with Crippen LogP contribution in [0.15, 0.2) is 54.6 Å². The second kappa shape index (κ2) is 11.0. The van der Waals surface area contributed by atoms with Crippen LogP contribution in [0, 0.1) is 6.92 Å². The molecule has 43 heavy (non-hydrogen) atoms. The van der Waals surface area contributed by atoms with E-state index in [2.05, 4.69) is 10.6 Å². The Hall–Kier alpha value is -3.31. The fraction of sp³-hybridized carbons (Fsp3) is 0.300. The monoisotopic (exact) mass is 663 g/mol. The standard InChI is InChI=1S/C30H28Cl3N3O6S/c1-15-5-6-16(31)11-19(15)26-30(21-9-7-18(33)13-23(21)34-28(30)39)22(14-25(37)35-26)20-12-17(32)8-10-24(20)42-29(2,3)27(38)36-43(4,40)41/h5-13,22,26H,14H2,1-4H3,(H,34,39)(H,35,37)(H,36,38). The van der Waals surface area contributed by atoms with Crippen molar-refractivity contribution in [3.8, 4) is 5.75 Å². The number of hydrogen-bond acceptors (Lipinski definition) is 6. The summed E-state index contributed by atoms with van der Waals surface area (Å²) in [4.78, 5) is 40.8. The molecule has 0 aliphatic carbocycles. The van der Waals surface area contributed by atoms with E-state index in [1.54, 1.807) is 42.5 Å². The van der Waals surface area contributed by atoms with E-state index in [0.717, 1.165) is 11.8 Å². The van der Waals surface area contributed by atoms with Gasteiger partial charge in [0.2, 0.25) is 21.8 Å². The summed E-state index contributed by atoms with van der Waals surface area (Å²) >= 11 is 19.2. The van der Waals surface area contributed by atoms with Gasteiger partial charge in [0.05, 0.1) is 12.3 Å². The molecule has 1 saturated heterocycles. The maximum Gasteiger partial charge on any atom is 0.277 e. The summed E-state index contributed by atoms with van der Waals surface area (Å²) < 4.78 is 31.7. The maximum absolute atomic E-state index is 14.4. The van der Waals surface area contributed by atoms with Gasteiger partial charge in [-0.25, -0.2) is 13.1 Å². The molecule has 2 aliphatic rings. The van der Waals surface area contributed by atoms with Gasteiger partial charge in [0.15, 0.2) is 5.60 Å². The highest BCUT2D eigenvalue weighted by Gasteiger charge is 2.62. The van der Waals surface area contributed by atoms with E-state index >= 15 is 0 Å². The largest absolute Gasteiger partial charge is 0.478 e. The molecule has 3 amide bonds. The third kappa shape index (κ3) is 5.69. The number of aryl methyl sites for hydroxylation is 1. The Balaban J connectivity index is 1.76. The number of ether oxygens (including phenoxy) is 1. The van der Waals surface area contributed by atoms with Gasteiger partial charge in [0, 0.05) is 38.7 Å². The predicted octanol–water partition coefficient (Wildman–Crippen LogP) is 5.42. The summed E-state index contributed by atoms with van der Waals surface area (Å²) in [5.74, 6) is -2.35. The number of carbonyl (C=O) groups is 3. The predicted molar refractivity (Wildman–Crippen MR) is 165 cm³/mol. The smallest absolute Gasteiger partial charge is 0.277 e. The zero-order valence-electron chi connectivity index (χ0n) is 23.5. The highest BCUT2D eigenvalue weighted by molar-refractivity contribution is 7.89. The Bertz CT molecular complexity index is 1800. The number of halogens is 3. The number of nitrogens with one attached hydrogen (secondary N) is 3. The molecule has 3 unspecified atom stereocenters. The van der Waals surface area contributed by atoms with Crippen molar-refractivity contribution >= 4 is 68.2 Å². The average molecular weight is 665 g/mol. The summed E-state index contributed by atoms with van der Waals surface area (Å²) in [6, 6.07) is 14.1. The van der Waals surface area contributed by atoms with Gasteiger partial charge in [-0.15, -0.1) is 0 Å². The Morgan fingerprint density at radius 1 is 0.977 bits per heavy atom. The first-order valence-corrected chi connectivity index (χ1v) is 16.2. The number of anilines is 1. The highest BCUT2D eigenvalue weighted by atomic mass is 35.5. The van der Waals surface area contributed by atoms with Gasteiger partial charge in [-0.1, -0.05) is 46.9 Å². The molecule has 5 rings (SSSR count). The summed E-state index contributed by atoms with van der Waals surface area (Å²) in [6.45, 7) is 4.68. The lowest BCUT2D eigenvalue weighted by molar-refractivity contribution is -0.133. The fourth-order valence-corrected chi connectivity index (χ4v) is 7.06. The summed E-state index contributed by atoms with van der Waals surface area (Å²) in [5, 5.41) is 7.14. The molecule has 0 saturated carbocycles. The molecule has 2 aliphatic heterocycles. The van der Waals surface area contributed by atoms with Gasteiger partial charge < -0.3 is 15.4 Å². The molecule has 0 radical (unpaired) electrons. The van der Waals surface area contributed by atoms with Crippen LogP contribution >= 0.6 is 34.8 Å². The zero-order valence-corrected chi connectivity index (χ0v) is 26.6. The normalized spacial score (nSPS) is 21.7. The van der Waals surface area contributed by atoms with Crippen LogP contribution in [0.25, 0.3) is 0 Å². The van der Waals surface area contributed by atoms with E-state index in [1.807, 2.05) is 17.7 Å². The summed E-state index contributed by atoms with van der Waals surface area (Å²) in [6.07, 6.45) is 0.720. The average Bonchev–Trinajstić information content (AvgIpc) is 3.17. The van der Waals surface area contributed by atoms with E-state index in [9.17, 15) is 22.8 Å². The van der Waals surface area contributed by atoms with Crippen LogP contribution in [-0.2, 0) is 29.8 Å². The number of rotatable bonds is 6. The molecule has 3 aromatic carbocycles. The maximum atomic E-state index is 14.4. The molecule has 9 nitrogen and oxygen atoms in total. The summed E-state index contributed by atoms with van der Waals surface area (Å²) in [7, 11) is -3.88. The number of fused-ring (bicyclic) bond motifs is 2. The minimum Gasteiger partial charge on any atom is -0.478 e. The second-order valence-corrected chi connectivity index (χ2v) is 14.3. The Kier molecular flexibility index (Phi) is 7.96. The van der Waals surface area contributed by atoms with Crippen molar-refractivity contribution in [2.75, 3.05) is 11.6 Å². The van der Waals surface area contributed by atoms with Gasteiger partial charge in [0.25, 0.3) is 5.91 Å². The number of benzene rings is 3. The number of sulfonamides is 1. The van der Waals surface area contributed by atoms with Crippen LogP contribution in [-0.4, -0.2) is 38.0 Å². The van der Waals surface area contributed by atoms with Crippen LogP contribution in [0.2, 0.25) is 15.1 Å². The lowest BCUT2D eigenvalue weighted by Crippen LogP contribution is -2.57. The Morgan fingerprint density at radius 3 is 2.26 bits per heavy atom. The zero-order chi connectivity index (χ0) is 31.5. The molecule has 0 bridgehead atoms. The van der Waals surface area contributed by atoms with Crippen LogP contribution < -0.4 is 20.1 Å². The van der Waals surface area contributed by atoms with Crippen LogP contribution in [0.1, 0.15) is 54.5 Å². The molecule has 13 heteroatoms. The van der Waals surface area contributed by atoms with Gasteiger partial charge in [0.1, 0.15) is 11.2 Å². The van der Waals surface area contributed by atoms with Gasteiger partial charge in [-0.3, -0.25) is 14.4 Å². The minimum atomic E-state index is -3.88. The fourth-order valence-electron chi connectivity index (χ4n) is 5.94. The SMILES string of the molecule is Cc1ccc(Cl)cc1C1NC(=O)CC(c2cc(Cl)ccc2OC(C)(C)C(=O)NS(C)(=O)=O)C12C(=O)Nc1cc(Cl)ccc12. The topological polar surface area (TPSA) is 131 Å².